The van der Waals surface area contributed by atoms with Crippen LogP contribution in [-0.2, 0) is 11.2 Å². The van der Waals surface area contributed by atoms with Crippen LogP contribution in [0.5, 0.6) is 0 Å². The summed E-state index contributed by atoms with van der Waals surface area (Å²) >= 11 is 0. The van der Waals surface area contributed by atoms with Crippen molar-refractivity contribution >= 4 is 17.5 Å². The quantitative estimate of drug-likeness (QED) is 0.754. The van der Waals surface area contributed by atoms with Crippen molar-refractivity contribution < 1.29 is 9.59 Å². The lowest BCUT2D eigenvalue weighted by Crippen LogP contribution is -2.45. The van der Waals surface area contributed by atoms with Gasteiger partial charge < -0.3 is 16.0 Å². The van der Waals surface area contributed by atoms with Gasteiger partial charge in [0.2, 0.25) is 5.91 Å². The van der Waals surface area contributed by atoms with Gasteiger partial charge in [-0.2, -0.15) is 0 Å². The maximum Gasteiger partial charge on any atom is 0.251 e. The molecule has 5 nitrogen and oxygen atoms in total. The third-order valence-electron chi connectivity index (χ3n) is 3.90. The zero-order chi connectivity index (χ0) is 13.9. The first-order valence-electron chi connectivity index (χ1n) is 7.17. The first-order valence-corrected chi connectivity index (χ1v) is 7.17. The normalized spacial score (nSPS) is 21.8. The van der Waals surface area contributed by atoms with Crippen molar-refractivity contribution in [3.8, 4) is 0 Å². The molecular formula is C15H19N3O2. The molecule has 2 amide bonds. The van der Waals surface area contributed by atoms with E-state index in [1.807, 2.05) is 12.1 Å². The number of hydrogen-bond acceptors (Lipinski definition) is 3. The predicted molar refractivity (Wildman–Crippen MR) is 76.8 cm³/mol. The number of nitrogens with one attached hydrogen (secondary N) is 3. The van der Waals surface area contributed by atoms with E-state index >= 15 is 0 Å². The van der Waals surface area contributed by atoms with Gasteiger partial charge in [0.1, 0.15) is 0 Å². The Morgan fingerprint density at radius 2 is 2.20 bits per heavy atom. The summed E-state index contributed by atoms with van der Waals surface area (Å²) in [4.78, 5) is 23.5. The summed E-state index contributed by atoms with van der Waals surface area (Å²) in [5.74, 6) is 0.0152. The van der Waals surface area contributed by atoms with E-state index in [1.54, 1.807) is 6.07 Å². The van der Waals surface area contributed by atoms with Gasteiger partial charge in [-0.05, 0) is 49.6 Å². The van der Waals surface area contributed by atoms with Gasteiger partial charge in [0, 0.05) is 30.3 Å². The summed E-state index contributed by atoms with van der Waals surface area (Å²) < 4.78 is 0. The highest BCUT2D eigenvalue weighted by atomic mass is 16.2. The van der Waals surface area contributed by atoms with E-state index in [2.05, 4.69) is 16.0 Å². The van der Waals surface area contributed by atoms with E-state index in [-0.39, 0.29) is 17.9 Å². The Balaban J connectivity index is 1.70. The average molecular weight is 273 g/mol. The van der Waals surface area contributed by atoms with Crippen LogP contribution < -0.4 is 16.0 Å². The highest BCUT2D eigenvalue weighted by molar-refractivity contribution is 5.98. The second-order valence-corrected chi connectivity index (χ2v) is 5.44. The minimum Gasteiger partial charge on any atom is -0.348 e. The van der Waals surface area contributed by atoms with Gasteiger partial charge in [-0.3, -0.25) is 9.59 Å². The van der Waals surface area contributed by atoms with Crippen LogP contribution in [0.1, 0.15) is 35.2 Å². The molecule has 2 heterocycles. The Bertz CT molecular complexity index is 536. The second-order valence-electron chi connectivity index (χ2n) is 5.44. The third kappa shape index (κ3) is 2.82. The molecule has 0 aromatic heterocycles. The Morgan fingerprint density at radius 3 is 3.00 bits per heavy atom. The maximum atomic E-state index is 12.2. The first kappa shape index (κ1) is 13.1. The lowest BCUT2D eigenvalue weighted by molar-refractivity contribution is -0.116. The van der Waals surface area contributed by atoms with Gasteiger partial charge in [0.05, 0.1) is 0 Å². The fraction of sp³-hybridized carbons (Fsp3) is 0.467. The van der Waals surface area contributed by atoms with Gasteiger partial charge >= 0.3 is 0 Å². The zero-order valence-corrected chi connectivity index (χ0v) is 11.4. The van der Waals surface area contributed by atoms with Crippen molar-refractivity contribution in [2.24, 2.45) is 0 Å². The number of piperidine rings is 1. The largest absolute Gasteiger partial charge is 0.348 e. The van der Waals surface area contributed by atoms with Crippen molar-refractivity contribution in [3.63, 3.8) is 0 Å². The zero-order valence-electron chi connectivity index (χ0n) is 11.4. The molecule has 1 unspecified atom stereocenters. The lowest BCUT2D eigenvalue weighted by Gasteiger charge is -2.24. The Morgan fingerprint density at radius 1 is 1.30 bits per heavy atom. The van der Waals surface area contributed by atoms with Gasteiger partial charge in [-0.1, -0.05) is 0 Å². The number of carbonyl (C=O) groups is 2. The summed E-state index contributed by atoms with van der Waals surface area (Å²) in [6, 6.07) is 5.70. The van der Waals surface area contributed by atoms with Gasteiger partial charge in [0.25, 0.3) is 5.91 Å². The molecule has 2 aliphatic heterocycles. The van der Waals surface area contributed by atoms with E-state index in [0.717, 1.165) is 37.2 Å². The molecule has 1 aromatic carbocycles. The van der Waals surface area contributed by atoms with E-state index < -0.39 is 0 Å². The molecule has 1 aromatic rings. The Hall–Kier alpha value is -1.88. The number of anilines is 1. The molecule has 106 valence electrons. The monoisotopic (exact) mass is 273 g/mol. The van der Waals surface area contributed by atoms with Crippen LogP contribution in [0, 0.1) is 0 Å². The number of carbonyl (C=O) groups excluding carboxylic acids is 2. The van der Waals surface area contributed by atoms with Crippen molar-refractivity contribution in [3.05, 3.63) is 29.3 Å². The van der Waals surface area contributed by atoms with E-state index in [4.69, 9.17) is 0 Å². The second kappa shape index (κ2) is 5.63. The van der Waals surface area contributed by atoms with E-state index in [1.165, 1.54) is 0 Å². The van der Waals surface area contributed by atoms with Crippen molar-refractivity contribution in [1.29, 1.82) is 0 Å². The molecule has 0 radical (unpaired) electrons. The Labute approximate surface area is 118 Å². The minimum atomic E-state index is -0.0293. The highest BCUT2D eigenvalue weighted by Gasteiger charge is 2.19. The maximum absolute atomic E-state index is 12.2. The predicted octanol–water partition coefficient (Wildman–Crippen LogP) is 1.05. The molecule has 1 fully saturated rings. The number of aryl methyl sites for hydroxylation is 1. The third-order valence-corrected chi connectivity index (χ3v) is 3.90. The number of benzene rings is 1. The number of hydrogen-bond donors (Lipinski definition) is 3. The van der Waals surface area contributed by atoms with Crippen LogP contribution in [0.25, 0.3) is 0 Å². The molecule has 3 rings (SSSR count). The molecule has 0 aliphatic carbocycles. The molecule has 1 saturated heterocycles. The number of fused-ring (bicyclic) bond motifs is 1. The van der Waals surface area contributed by atoms with Crippen molar-refractivity contribution in [2.75, 3.05) is 18.4 Å². The molecule has 0 bridgehead atoms. The summed E-state index contributed by atoms with van der Waals surface area (Å²) in [6.45, 7) is 1.87. The van der Waals surface area contributed by atoms with Gasteiger partial charge in [-0.25, -0.2) is 0 Å². The Kier molecular flexibility index (Phi) is 3.69. The first-order chi connectivity index (χ1) is 9.72. The molecule has 3 N–H and O–H groups in total. The lowest BCUT2D eigenvalue weighted by atomic mass is 9.99. The standard InChI is InChI=1S/C15H19N3O2/c19-14-6-4-10-8-11(3-5-13(10)18-14)15(20)17-12-2-1-7-16-9-12/h3,5,8,12,16H,1-2,4,6-7,9H2,(H,17,20)(H,18,19). The van der Waals surface area contributed by atoms with Crippen LogP contribution in [0.4, 0.5) is 5.69 Å². The SMILES string of the molecule is O=C1CCc2cc(C(=O)NC3CCCNC3)ccc2N1. The summed E-state index contributed by atoms with van der Waals surface area (Å²) in [6.07, 6.45) is 3.32. The average Bonchev–Trinajstić information content (AvgIpc) is 2.47. The highest BCUT2D eigenvalue weighted by Crippen LogP contribution is 2.23. The van der Waals surface area contributed by atoms with Gasteiger partial charge in [0.15, 0.2) is 0 Å². The minimum absolute atomic E-state index is 0.0293. The van der Waals surface area contributed by atoms with Crippen LogP contribution >= 0.6 is 0 Å². The molecule has 0 spiro atoms. The van der Waals surface area contributed by atoms with E-state index in [0.29, 0.717) is 18.4 Å². The molecule has 2 aliphatic rings. The van der Waals surface area contributed by atoms with Crippen LogP contribution in [0.15, 0.2) is 18.2 Å². The van der Waals surface area contributed by atoms with Crippen LogP contribution in [0.2, 0.25) is 0 Å². The fourth-order valence-corrected chi connectivity index (χ4v) is 2.77. The van der Waals surface area contributed by atoms with Crippen molar-refractivity contribution in [1.82, 2.24) is 10.6 Å². The number of amides is 2. The summed E-state index contributed by atoms with van der Waals surface area (Å²) in [5.41, 5.74) is 2.54. The number of rotatable bonds is 2. The van der Waals surface area contributed by atoms with Gasteiger partial charge in [-0.15, -0.1) is 0 Å². The molecule has 5 heteroatoms. The molecule has 20 heavy (non-hydrogen) atoms. The fourth-order valence-electron chi connectivity index (χ4n) is 2.77. The molecule has 0 saturated carbocycles. The molecular weight excluding hydrogens is 254 g/mol. The summed E-state index contributed by atoms with van der Waals surface area (Å²) in [7, 11) is 0. The van der Waals surface area contributed by atoms with Crippen molar-refractivity contribution in [2.45, 2.75) is 31.7 Å². The topological polar surface area (TPSA) is 70.2 Å². The smallest absolute Gasteiger partial charge is 0.251 e. The molecule has 1 atom stereocenters. The van der Waals surface area contributed by atoms with Crippen LogP contribution in [-0.4, -0.2) is 30.9 Å². The van der Waals surface area contributed by atoms with Crippen LogP contribution in [0.3, 0.4) is 0 Å². The van der Waals surface area contributed by atoms with E-state index in [9.17, 15) is 9.59 Å². The summed E-state index contributed by atoms with van der Waals surface area (Å²) in [5, 5.41) is 9.17.